The van der Waals surface area contributed by atoms with Gasteiger partial charge in [-0.2, -0.15) is 18.3 Å². The van der Waals surface area contributed by atoms with Crippen molar-refractivity contribution in [2.75, 3.05) is 0 Å². The monoisotopic (exact) mass is 687 g/mol. The second-order valence-electron chi connectivity index (χ2n) is 11.8. The molecule has 5 amide bonds. The standard InChI is InChI=1S/C33H40F3N7O6/c1-19(2)27(42-30(47)22-17-38-43(18-22)23-12-8-5-9-13-23)32(49)41-25(16-21-10-6-4-7-11-21)31(48)39-20(3)29(46)40-24(14-15-26(37)44)28(45)33(34,35)36/h4-13,17-20,24-25,27-28,45H,14-16H2,1-3H3,(H2,37,44)(H,39,48)(H,40,46)(H,41,49)(H,42,47)/t20-,24?,25-,27-,28?/m0/s1. The maximum atomic E-state index is 13.6. The predicted molar refractivity (Wildman–Crippen MR) is 172 cm³/mol. The molecule has 0 aliphatic rings. The number of hydrogen-bond donors (Lipinski definition) is 6. The van der Waals surface area contributed by atoms with Gasteiger partial charge in [0.05, 0.1) is 23.5 Å². The molecule has 7 N–H and O–H groups in total. The molecule has 0 saturated heterocycles. The molecule has 264 valence electrons. The summed E-state index contributed by atoms with van der Waals surface area (Å²) in [4.78, 5) is 64.2. The molecule has 0 fully saturated rings. The number of benzene rings is 2. The van der Waals surface area contributed by atoms with Crippen LogP contribution in [0.2, 0.25) is 0 Å². The molecular formula is C33H40F3N7O6. The highest BCUT2D eigenvalue weighted by Crippen LogP contribution is 2.24. The zero-order valence-corrected chi connectivity index (χ0v) is 27.1. The minimum absolute atomic E-state index is 0.0383. The lowest BCUT2D eigenvalue weighted by Crippen LogP contribution is -2.59. The Hall–Kier alpha value is -5.25. The van der Waals surface area contributed by atoms with E-state index in [9.17, 15) is 42.3 Å². The van der Waals surface area contributed by atoms with E-state index >= 15 is 0 Å². The molecule has 0 aliphatic carbocycles. The van der Waals surface area contributed by atoms with Crippen molar-refractivity contribution in [1.29, 1.82) is 0 Å². The molecule has 5 atom stereocenters. The lowest BCUT2D eigenvalue weighted by atomic mass is 10.0. The van der Waals surface area contributed by atoms with Gasteiger partial charge >= 0.3 is 6.18 Å². The van der Waals surface area contributed by atoms with Gasteiger partial charge < -0.3 is 32.1 Å². The summed E-state index contributed by atoms with van der Waals surface area (Å²) in [5, 5.41) is 23.7. The number of nitrogens with one attached hydrogen (secondary N) is 4. The van der Waals surface area contributed by atoms with E-state index in [1.165, 1.54) is 24.0 Å². The second kappa shape index (κ2) is 17.2. The van der Waals surface area contributed by atoms with Crippen molar-refractivity contribution in [1.82, 2.24) is 31.0 Å². The van der Waals surface area contributed by atoms with Crippen molar-refractivity contribution in [2.45, 2.75) is 76.5 Å². The van der Waals surface area contributed by atoms with Crippen molar-refractivity contribution in [3.8, 4) is 5.69 Å². The molecule has 0 spiro atoms. The zero-order valence-electron chi connectivity index (χ0n) is 27.1. The minimum atomic E-state index is -5.11. The Morgan fingerprint density at radius 1 is 0.857 bits per heavy atom. The number of primary amides is 1. The number of rotatable bonds is 16. The van der Waals surface area contributed by atoms with Crippen LogP contribution in [0.3, 0.4) is 0 Å². The number of nitrogens with zero attached hydrogens (tertiary/aromatic N) is 2. The van der Waals surface area contributed by atoms with Gasteiger partial charge in [0, 0.05) is 19.0 Å². The molecule has 0 saturated carbocycles. The zero-order chi connectivity index (χ0) is 36.3. The van der Waals surface area contributed by atoms with Gasteiger partial charge in [-0.1, -0.05) is 62.4 Å². The molecule has 0 bridgehead atoms. The molecule has 16 heteroatoms. The van der Waals surface area contributed by atoms with E-state index < -0.39 is 84.7 Å². The van der Waals surface area contributed by atoms with E-state index in [2.05, 4.69) is 21.0 Å². The van der Waals surface area contributed by atoms with Crippen molar-refractivity contribution in [3.63, 3.8) is 0 Å². The number of carbonyl (C=O) groups excluding carboxylic acids is 5. The Balaban J connectivity index is 1.74. The Kier molecular flexibility index (Phi) is 13.4. The van der Waals surface area contributed by atoms with Crippen molar-refractivity contribution >= 4 is 29.5 Å². The predicted octanol–water partition coefficient (Wildman–Crippen LogP) is 1.53. The highest BCUT2D eigenvalue weighted by Gasteiger charge is 2.44. The van der Waals surface area contributed by atoms with Gasteiger partial charge in [-0.3, -0.25) is 24.0 Å². The van der Waals surface area contributed by atoms with Crippen LogP contribution in [0.15, 0.2) is 73.1 Å². The second-order valence-corrected chi connectivity index (χ2v) is 11.8. The van der Waals surface area contributed by atoms with Crippen LogP contribution in [0.5, 0.6) is 0 Å². The van der Waals surface area contributed by atoms with Crippen LogP contribution in [-0.4, -0.2) is 80.9 Å². The molecule has 1 aromatic heterocycles. The van der Waals surface area contributed by atoms with Crippen LogP contribution < -0.4 is 27.0 Å². The number of halogens is 3. The summed E-state index contributed by atoms with van der Waals surface area (Å²) in [7, 11) is 0. The molecule has 2 unspecified atom stereocenters. The smallest absolute Gasteiger partial charge is 0.382 e. The number of amides is 5. The largest absolute Gasteiger partial charge is 0.416 e. The van der Waals surface area contributed by atoms with E-state index in [-0.39, 0.29) is 12.0 Å². The van der Waals surface area contributed by atoms with Gasteiger partial charge in [0.15, 0.2) is 6.10 Å². The third kappa shape index (κ3) is 11.4. The van der Waals surface area contributed by atoms with Crippen LogP contribution in [0, 0.1) is 5.92 Å². The van der Waals surface area contributed by atoms with Gasteiger partial charge in [0.1, 0.15) is 18.1 Å². The molecule has 0 radical (unpaired) electrons. The molecular weight excluding hydrogens is 647 g/mol. The summed E-state index contributed by atoms with van der Waals surface area (Å²) in [5.41, 5.74) is 6.57. The highest BCUT2D eigenvalue weighted by atomic mass is 19.4. The first-order valence-electron chi connectivity index (χ1n) is 15.5. The number of hydrogen-bond acceptors (Lipinski definition) is 7. The Bertz CT molecular complexity index is 1580. The van der Waals surface area contributed by atoms with Gasteiger partial charge in [0.2, 0.25) is 23.6 Å². The average Bonchev–Trinajstić information content (AvgIpc) is 3.55. The molecule has 49 heavy (non-hydrogen) atoms. The molecule has 3 aromatic rings. The average molecular weight is 688 g/mol. The first kappa shape index (κ1) is 38.2. The van der Waals surface area contributed by atoms with Crippen molar-refractivity contribution < 1.29 is 42.3 Å². The quantitative estimate of drug-likeness (QED) is 0.131. The molecule has 0 aliphatic heterocycles. The van der Waals surface area contributed by atoms with Gasteiger partial charge in [-0.05, 0) is 37.0 Å². The van der Waals surface area contributed by atoms with E-state index in [1.54, 1.807) is 56.3 Å². The number of carbonyl (C=O) groups is 5. The number of alkyl halides is 3. The van der Waals surface area contributed by atoms with Crippen LogP contribution in [0.4, 0.5) is 13.2 Å². The van der Waals surface area contributed by atoms with E-state index in [0.29, 0.717) is 5.56 Å². The van der Waals surface area contributed by atoms with Crippen LogP contribution >= 0.6 is 0 Å². The molecule has 1 heterocycles. The Morgan fingerprint density at radius 3 is 2.04 bits per heavy atom. The fourth-order valence-electron chi connectivity index (χ4n) is 4.76. The summed E-state index contributed by atoms with van der Waals surface area (Å²) in [6, 6.07) is 11.9. The molecule has 3 rings (SSSR count). The molecule has 13 nitrogen and oxygen atoms in total. The van der Waals surface area contributed by atoms with Crippen molar-refractivity contribution in [3.05, 3.63) is 84.2 Å². The lowest BCUT2D eigenvalue weighted by molar-refractivity contribution is -0.212. The summed E-state index contributed by atoms with van der Waals surface area (Å²) < 4.78 is 41.2. The minimum Gasteiger partial charge on any atom is -0.382 e. The fourth-order valence-corrected chi connectivity index (χ4v) is 4.76. The number of nitrogens with two attached hydrogens (primary N) is 1. The normalized spacial score (nSPS) is 14.5. The number of aliphatic hydroxyl groups is 1. The first-order valence-corrected chi connectivity index (χ1v) is 15.5. The third-order valence-electron chi connectivity index (χ3n) is 7.51. The molecule has 2 aromatic carbocycles. The topological polar surface area (TPSA) is 198 Å². The van der Waals surface area contributed by atoms with Gasteiger partial charge in [-0.25, -0.2) is 4.68 Å². The van der Waals surface area contributed by atoms with Crippen LogP contribution in [0.1, 0.15) is 49.5 Å². The maximum Gasteiger partial charge on any atom is 0.416 e. The maximum absolute atomic E-state index is 13.6. The van der Waals surface area contributed by atoms with Gasteiger partial charge in [-0.15, -0.1) is 0 Å². The highest BCUT2D eigenvalue weighted by molar-refractivity contribution is 5.98. The van der Waals surface area contributed by atoms with E-state index in [1.807, 2.05) is 23.5 Å². The fraction of sp³-hybridized carbons (Fsp3) is 0.394. The Labute approximate surface area is 280 Å². The van der Waals surface area contributed by atoms with Crippen LogP contribution in [0.25, 0.3) is 5.69 Å². The summed E-state index contributed by atoms with van der Waals surface area (Å²) in [6.45, 7) is 4.59. The number of para-hydroxylation sites is 1. The Morgan fingerprint density at radius 2 is 1.47 bits per heavy atom. The first-order chi connectivity index (χ1) is 23.1. The van der Waals surface area contributed by atoms with Crippen LogP contribution in [-0.2, 0) is 25.6 Å². The third-order valence-corrected chi connectivity index (χ3v) is 7.51. The summed E-state index contributed by atoms with van der Waals surface area (Å²) in [5.74, 6) is -4.59. The number of aromatic nitrogens is 2. The van der Waals surface area contributed by atoms with E-state index in [0.717, 1.165) is 5.69 Å². The lowest BCUT2D eigenvalue weighted by Gasteiger charge is -2.28. The summed E-state index contributed by atoms with van der Waals surface area (Å²) >= 11 is 0. The van der Waals surface area contributed by atoms with E-state index in [4.69, 9.17) is 5.73 Å². The number of aliphatic hydroxyl groups excluding tert-OH is 1. The SMILES string of the molecule is CC(C)[C@H](NC(=O)c1cnn(-c2ccccc2)c1)C(=O)N[C@@H](Cc1ccccc1)C(=O)N[C@@H](C)C(=O)NC(CCC(N)=O)C(O)C(F)(F)F. The summed E-state index contributed by atoms with van der Waals surface area (Å²) in [6.07, 6.45) is -6.45. The van der Waals surface area contributed by atoms with Gasteiger partial charge in [0.25, 0.3) is 5.91 Å². The van der Waals surface area contributed by atoms with Crippen molar-refractivity contribution in [2.24, 2.45) is 11.7 Å².